The molecule has 4 nitrogen and oxygen atoms in total. The summed E-state index contributed by atoms with van der Waals surface area (Å²) >= 11 is 11.6. The lowest BCUT2D eigenvalue weighted by molar-refractivity contribution is -0.152. The molecule has 3 aromatic rings. The Bertz CT molecular complexity index is 1060. The molecule has 0 saturated carbocycles. The molecular weight excluding hydrogens is 433 g/mol. The highest BCUT2D eigenvalue weighted by atomic mass is 35.5. The molecule has 0 bridgehead atoms. The van der Waals surface area contributed by atoms with Crippen LogP contribution in [0.4, 0.5) is 0 Å². The third-order valence-electron chi connectivity index (χ3n) is 5.06. The van der Waals surface area contributed by atoms with Crippen LogP contribution in [-0.2, 0) is 16.1 Å². The first-order chi connectivity index (χ1) is 14.8. The SMILES string of the molecule is CC(C)C(C(=O)OCc1cc(Oc2ccccc2)nc2ccccc12)C(C)C=C(Cl)Cl. The van der Waals surface area contributed by atoms with E-state index in [2.05, 4.69) is 4.98 Å². The molecule has 2 unspecified atom stereocenters. The van der Waals surface area contributed by atoms with Gasteiger partial charge in [0.1, 0.15) is 16.8 Å². The number of ether oxygens (including phenoxy) is 2. The molecule has 0 aliphatic heterocycles. The monoisotopic (exact) mass is 457 g/mol. The standard InChI is InChI=1S/C25H25Cl2NO3/c1-16(2)24(17(3)13-22(26)27)25(29)30-15-18-14-23(31-19-9-5-4-6-10-19)28-21-12-8-7-11-20(18)21/h4-14,16-17,24H,15H2,1-3H3. The van der Waals surface area contributed by atoms with Gasteiger partial charge in [-0.1, -0.05) is 86.4 Å². The van der Waals surface area contributed by atoms with Crippen molar-refractivity contribution >= 4 is 40.1 Å². The normalized spacial score (nSPS) is 13.0. The summed E-state index contributed by atoms with van der Waals surface area (Å²) in [5.74, 6) is 0.398. The van der Waals surface area contributed by atoms with Gasteiger partial charge in [0.05, 0.1) is 11.4 Å². The lowest BCUT2D eigenvalue weighted by atomic mass is 9.84. The quantitative estimate of drug-likeness (QED) is 0.333. The number of aromatic nitrogens is 1. The van der Waals surface area contributed by atoms with Crippen molar-refractivity contribution in [3.63, 3.8) is 0 Å². The average molecular weight is 458 g/mol. The zero-order valence-electron chi connectivity index (χ0n) is 17.7. The number of allylic oxidation sites excluding steroid dienone is 1. The van der Waals surface area contributed by atoms with Crippen LogP contribution in [0, 0.1) is 17.8 Å². The Kier molecular flexibility index (Phi) is 7.94. The van der Waals surface area contributed by atoms with Crippen molar-refractivity contribution in [3.05, 3.63) is 76.8 Å². The Morgan fingerprint density at radius 3 is 2.39 bits per heavy atom. The molecule has 0 saturated heterocycles. The number of esters is 1. The fraction of sp³-hybridized carbons (Fsp3) is 0.280. The number of rotatable bonds is 8. The average Bonchev–Trinajstić information content (AvgIpc) is 2.72. The number of hydrogen-bond donors (Lipinski definition) is 0. The van der Waals surface area contributed by atoms with E-state index in [1.165, 1.54) is 0 Å². The van der Waals surface area contributed by atoms with Crippen molar-refractivity contribution < 1.29 is 14.3 Å². The number of carbonyl (C=O) groups is 1. The Labute approximate surface area is 192 Å². The van der Waals surface area contributed by atoms with Gasteiger partial charge in [-0.3, -0.25) is 4.79 Å². The van der Waals surface area contributed by atoms with Crippen LogP contribution in [-0.4, -0.2) is 11.0 Å². The molecule has 0 aliphatic rings. The molecule has 0 N–H and O–H groups in total. The second-order valence-corrected chi connectivity index (χ2v) is 8.75. The van der Waals surface area contributed by atoms with E-state index in [0.29, 0.717) is 11.6 Å². The fourth-order valence-corrected chi connectivity index (χ4v) is 4.04. The van der Waals surface area contributed by atoms with Crippen LogP contribution in [0.5, 0.6) is 11.6 Å². The minimum atomic E-state index is -0.361. The molecule has 0 spiro atoms. The first-order valence-electron chi connectivity index (χ1n) is 10.2. The van der Waals surface area contributed by atoms with E-state index in [9.17, 15) is 4.79 Å². The molecule has 0 aliphatic carbocycles. The van der Waals surface area contributed by atoms with E-state index < -0.39 is 0 Å². The summed E-state index contributed by atoms with van der Waals surface area (Å²) in [5, 5.41) is 0.911. The van der Waals surface area contributed by atoms with Gasteiger partial charge >= 0.3 is 5.97 Å². The number of hydrogen-bond acceptors (Lipinski definition) is 4. The molecule has 0 radical (unpaired) electrons. The van der Waals surface area contributed by atoms with E-state index >= 15 is 0 Å². The number of carbonyl (C=O) groups excluding carboxylic acids is 1. The minimum absolute atomic E-state index is 0.0672. The van der Waals surface area contributed by atoms with Gasteiger partial charge in [-0.05, 0) is 30.0 Å². The highest BCUT2D eigenvalue weighted by Gasteiger charge is 2.29. The molecule has 1 heterocycles. The number of nitrogens with zero attached hydrogens (tertiary/aromatic N) is 1. The summed E-state index contributed by atoms with van der Waals surface area (Å²) < 4.78 is 11.8. The van der Waals surface area contributed by atoms with Gasteiger partial charge in [-0.25, -0.2) is 4.98 Å². The summed E-state index contributed by atoms with van der Waals surface area (Å²) in [4.78, 5) is 17.5. The van der Waals surface area contributed by atoms with Gasteiger partial charge in [-0.2, -0.15) is 0 Å². The van der Waals surface area contributed by atoms with Crippen LogP contribution in [0.3, 0.4) is 0 Å². The highest BCUT2D eigenvalue weighted by Crippen LogP contribution is 2.29. The lowest BCUT2D eigenvalue weighted by Crippen LogP contribution is -2.28. The van der Waals surface area contributed by atoms with Crippen molar-refractivity contribution in [2.24, 2.45) is 17.8 Å². The first kappa shape index (κ1) is 23.1. The Morgan fingerprint density at radius 1 is 1.03 bits per heavy atom. The van der Waals surface area contributed by atoms with E-state index in [-0.39, 0.29) is 34.8 Å². The van der Waals surface area contributed by atoms with Crippen LogP contribution >= 0.6 is 23.2 Å². The molecule has 6 heteroatoms. The third kappa shape index (κ3) is 6.22. The molecule has 31 heavy (non-hydrogen) atoms. The molecule has 162 valence electrons. The maximum absolute atomic E-state index is 12.9. The van der Waals surface area contributed by atoms with Crippen LogP contribution in [0.15, 0.2) is 71.2 Å². The smallest absolute Gasteiger partial charge is 0.310 e. The number of halogens is 2. The zero-order chi connectivity index (χ0) is 22.4. The van der Waals surface area contributed by atoms with Crippen molar-refractivity contribution in [3.8, 4) is 11.6 Å². The fourth-order valence-electron chi connectivity index (χ4n) is 3.64. The van der Waals surface area contributed by atoms with E-state index in [4.69, 9.17) is 32.7 Å². The maximum atomic E-state index is 12.9. The van der Waals surface area contributed by atoms with Crippen molar-refractivity contribution in [1.29, 1.82) is 0 Å². The zero-order valence-corrected chi connectivity index (χ0v) is 19.2. The van der Waals surface area contributed by atoms with Crippen molar-refractivity contribution in [2.45, 2.75) is 27.4 Å². The predicted molar refractivity (Wildman–Crippen MR) is 125 cm³/mol. The van der Waals surface area contributed by atoms with Gasteiger partial charge in [0, 0.05) is 17.0 Å². The molecule has 3 rings (SSSR count). The van der Waals surface area contributed by atoms with E-state index in [0.717, 1.165) is 16.5 Å². The topological polar surface area (TPSA) is 48.4 Å². The predicted octanol–water partition coefficient (Wildman–Crippen LogP) is 7.30. The molecule has 2 atom stereocenters. The minimum Gasteiger partial charge on any atom is -0.461 e. The Hall–Kier alpha value is -2.56. The molecular formula is C25H25Cl2NO3. The van der Waals surface area contributed by atoms with Crippen LogP contribution in [0.25, 0.3) is 10.9 Å². The second kappa shape index (κ2) is 10.7. The van der Waals surface area contributed by atoms with Crippen LogP contribution in [0.1, 0.15) is 26.3 Å². The first-order valence-corrected chi connectivity index (χ1v) is 10.9. The van der Waals surface area contributed by atoms with E-state index in [1.807, 2.05) is 81.4 Å². The lowest BCUT2D eigenvalue weighted by Gasteiger charge is -2.23. The van der Waals surface area contributed by atoms with Gasteiger partial charge in [-0.15, -0.1) is 0 Å². The summed E-state index contributed by atoms with van der Waals surface area (Å²) in [7, 11) is 0. The van der Waals surface area contributed by atoms with Gasteiger partial charge < -0.3 is 9.47 Å². The van der Waals surface area contributed by atoms with Crippen molar-refractivity contribution in [2.75, 3.05) is 0 Å². The number of fused-ring (bicyclic) bond motifs is 1. The summed E-state index contributed by atoms with van der Waals surface area (Å²) in [5.41, 5.74) is 1.60. The van der Waals surface area contributed by atoms with Crippen LogP contribution < -0.4 is 4.74 Å². The Balaban J connectivity index is 1.84. The Morgan fingerprint density at radius 2 is 1.71 bits per heavy atom. The maximum Gasteiger partial charge on any atom is 0.310 e. The molecule has 0 amide bonds. The highest BCUT2D eigenvalue weighted by molar-refractivity contribution is 6.55. The number of para-hydroxylation sites is 2. The summed E-state index contributed by atoms with van der Waals surface area (Å²) in [6.07, 6.45) is 1.67. The van der Waals surface area contributed by atoms with Crippen LogP contribution in [0.2, 0.25) is 0 Å². The summed E-state index contributed by atoms with van der Waals surface area (Å²) in [6, 6.07) is 19.0. The van der Waals surface area contributed by atoms with Gasteiger partial charge in [0.25, 0.3) is 0 Å². The second-order valence-electron chi connectivity index (χ2n) is 7.74. The number of pyridine rings is 1. The number of benzene rings is 2. The van der Waals surface area contributed by atoms with Gasteiger partial charge in [0.2, 0.25) is 5.88 Å². The third-order valence-corrected chi connectivity index (χ3v) is 5.31. The summed E-state index contributed by atoms with van der Waals surface area (Å²) in [6.45, 7) is 5.98. The van der Waals surface area contributed by atoms with Gasteiger partial charge in [0.15, 0.2) is 0 Å². The largest absolute Gasteiger partial charge is 0.461 e. The molecule has 0 fully saturated rings. The van der Waals surface area contributed by atoms with E-state index in [1.54, 1.807) is 6.08 Å². The van der Waals surface area contributed by atoms with Crippen molar-refractivity contribution in [1.82, 2.24) is 4.98 Å². The molecule has 2 aromatic carbocycles. The molecule has 1 aromatic heterocycles.